The van der Waals surface area contributed by atoms with Crippen molar-refractivity contribution in [3.05, 3.63) is 29.3 Å². The molecule has 1 aromatic rings. The first-order valence-corrected chi connectivity index (χ1v) is 5.76. The van der Waals surface area contributed by atoms with Crippen molar-refractivity contribution in [2.75, 3.05) is 18.5 Å². The highest BCUT2D eigenvalue weighted by Gasteiger charge is 2.09. The number of aryl methyl sites for hydroxylation is 1. The van der Waals surface area contributed by atoms with Crippen LogP contribution in [0.5, 0.6) is 0 Å². The molecule has 3 nitrogen and oxygen atoms in total. The van der Waals surface area contributed by atoms with Crippen LogP contribution in [-0.4, -0.2) is 24.3 Å². The molecule has 1 unspecified atom stereocenters. The van der Waals surface area contributed by atoms with Crippen LogP contribution in [0.4, 0.5) is 5.69 Å². The number of aliphatic hydroxyl groups excluding tert-OH is 1. The molecule has 90 valence electrons. The van der Waals surface area contributed by atoms with Crippen LogP contribution in [-0.2, 0) is 0 Å². The molecule has 0 aliphatic rings. The van der Waals surface area contributed by atoms with Gasteiger partial charge in [0.05, 0.1) is 6.61 Å². The lowest BCUT2D eigenvalue weighted by atomic mass is 9.98. The van der Waals surface area contributed by atoms with Crippen LogP contribution in [0.25, 0.3) is 0 Å². The molecular weight excluding hydrogens is 200 g/mol. The van der Waals surface area contributed by atoms with Crippen molar-refractivity contribution in [1.29, 1.82) is 0 Å². The Morgan fingerprint density at radius 1 is 1.38 bits per heavy atom. The number of nitrogens with one attached hydrogen (secondary N) is 1. The number of anilines is 1. The molecule has 16 heavy (non-hydrogen) atoms. The molecule has 1 rings (SSSR count). The second kappa shape index (κ2) is 5.87. The molecule has 1 atom stereocenters. The summed E-state index contributed by atoms with van der Waals surface area (Å²) in [5, 5.41) is 12.2. The lowest BCUT2D eigenvalue weighted by Gasteiger charge is -2.19. The van der Waals surface area contributed by atoms with Crippen LogP contribution < -0.4 is 11.1 Å². The summed E-state index contributed by atoms with van der Waals surface area (Å²) in [4.78, 5) is 0. The minimum atomic E-state index is -0.209. The Labute approximate surface area is 97.7 Å². The van der Waals surface area contributed by atoms with Crippen LogP contribution >= 0.6 is 0 Å². The lowest BCUT2D eigenvalue weighted by Crippen LogP contribution is -2.32. The molecule has 4 N–H and O–H groups in total. The molecular formula is C13H22N2O. The van der Waals surface area contributed by atoms with Gasteiger partial charge in [-0.2, -0.15) is 0 Å². The van der Waals surface area contributed by atoms with E-state index in [1.807, 2.05) is 0 Å². The molecule has 0 spiro atoms. The van der Waals surface area contributed by atoms with Gasteiger partial charge in [0.2, 0.25) is 0 Å². The summed E-state index contributed by atoms with van der Waals surface area (Å²) in [5.74, 6) is 0.479. The minimum Gasteiger partial charge on any atom is -0.395 e. The van der Waals surface area contributed by atoms with Crippen molar-refractivity contribution < 1.29 is 5.11 Å². The second-order valence-corrected chi connectivity index (χ2v) is 4.52. The van der Waals surface area contributed by atoms with Crippen LogP contribution in [0.15, 0.2) is 18.2 Å². The Bertz CT molecular complexity index is 337. The third kappa shape index (κ3) is 3.22. The van der Waals surface area contributed by atoms with Crippen LogP contribution in [0.2, 0.25) is 0 Å². The predicted molar refractivity (Wildman–Crippen MR) is 68.8 cm³/mol. The number of hydrogen-bond donors (Lipinski definition) is 3. The fraction of sp³-hybridized carbons (Fsp3) is 0.538. The summed E-state index contributed by atoms with van der Waals surface area (Å²) in [6.07, 6.45) is 0. The maximum atomic E-state index is 8.90. The Kier molecular flexibility index (Phi) is 4.77. The number of hydrogen-bond acceptors (Lipinski definition) is 3. The highest BCUT2D eigenvalue weighted by molar-refractivity contribution is 5.58. The van der Waals surface area contributed by atoms with Crippen molar-refractivity contribution in [3.63, 3.8) is 0 Å². The fourth-order valence-corrected chi connectivity index (χ4v) is 1.71. The third-order valence-electron chi connectivity index (χ3n) is 2.70. The highest BCUT2D eigenvalue weighted by Crippen LogP contribution is 2.27. The molecule has 0 aromatic heterocycles. The van der Waals surface area contributed by atoms with Gasteiger partial charge in [0, 0.05) is 18.3 Å². The summed E-state index contributed by atoms with van der Waals surface area (Å²) >= 11 is 0. The van der Waals surface area contributed by atoms with Crippen molar-refractivity contribution in [2.45, 2.75) is 32.7 Å². The zero-order valence-electron chi connectivity index (χ0n) is 10.3. The molecule has 0 saturated carbocycles. The number of rotatable bonds is 5. The molecule has 3 heteroatoms. The summed E-state index contributed by atoms with van der Waals surface area (Å²) in [6.45, 7) is 7.04. The predicted octanol–water partition coefficient (Wildman–Crippen LogP) is 1.85. The fourth-order valence-electron chi connectivity index (χ4n) is 1.71. The molecule has 1 aromatic carbocycles. The molecule has 0 saturated heterocycles. The molecule has 0 heterocycles. The van der Waals surface area contributed by atoms with E-state index in [2.05, 4.69) is 44.3 Å². The topological polar surface area (TPSA) is 58.3 Å². The van der Waals surface area contributed by atoms with E-state index in [1.165, 1.54) is 11.1 Å². The van der Waals surface area contributed by atoms with Gasteiger partial charge in [0.15, 0.2) is 0 Å². The van der Waals surface area contributed by atoms with Gasteiger partial charge in [-0.1, -0.05) is 32.0 Å². The standard InChI is InChI=1S/C13H22N2O/c1-9(2)12-6-4-5-10(3)13(12)15-7-11(14)8-16/h4-6,9,11,15-16H,7-8,14H2,1-3H3. The van der Waals surface area contributed by atoms with Crippen LogP contribution in [0, 0.1) is 6.92 Å². The Hall–Kier alpha value is -1.06. The van der Waals surface area contributed by atoms with E-state index in [0.717, 1.165) is 5.69 Å². The average molecular weight is 222 g/mol. The second-order valence-electron chi connectivity index (χ2n) is 4.52. The van der Waals surface area contributed by atoms with Gasteiger partial charge in [0.1, 0.15) is 0 Å². The van der Waals surface area contributed by atoms with Gasteiger partial charge in [-0.3, -0.25) is 0 Å². The van der Waals surface area contributed by atoms with Crippen molar-refractivity contribution in [3.8, 4) is 0 Å². The summed E-state index contributed by atoms with van der Waals surface area (Å²) < 4.78 is 0. The highest BCUT2D eigenvalue weighted by atomic mass is 16.3. The van der Waals surface area contributed by atoms with E-state index in [0.29, 0.717) is 12.5 Å². The number of benzene rings is 1. The largest absolute Gasteiger partial charge is 0.395 e. The van der Waals surface area contributed by atoms with Crippen molar-refractivity contribution in [2.24, 2.45) is 5.73 Å². The maximum Gasteiger partial charge on any atom is 0.0599 e. The quantitative estimate of drug-likeness (QED) is 0.712. The maximum absolute atomic E-state index is 8.90. The first-order chi connectivity index (χ1) is 7.56. The molecule has 0 bridgehead atoms. The van der Waals surface area contributed by atoms with Gasteiger partial charge in [-0.25, -0.2) is 0 Å². The summed E-state index contributed by atoms with van der Waals surface area (Å²) in [7, 11) is 0. The molecule has 0 radical (unpaired) electrons. The minimum absolute atomic E-state index is 0.00981. The van der Waals surface area contributed by atoms with Crippen LogP contribution in [0.3, 0.4) is 0 Å². The first-order valence-electron chi connectivity index (χ1n) is 5.76. The van der Waals surface area contributed by atoms with Crippen molar-refractivity contribution in [1.82, 2.24) is 0 Å². The lowest BCUT2D eigenvalue weighted by molar-refractivity contribution is 0.270. The smallest absolute Gasteiger partial charge is 0.0599 e. The van der Waals surface area contributed by atoms with Crippen LogP contribution in [0.1, 0.15) is 30.9 Å². The molecule has 0 amide bonds. The molecule has 0 aliphatic carbocycles. The van der Waals surface area contributed by atoms with Gasteiger partial charge in [-0.15, -0.1) is 0 Å². The Balaban J connectivity index is 2.84. The van der Waals surface area contributed by atoms with E-state index in [4.69, 9.17) is 10.8 Å². The number of aliphatic hydroxyl groups is 1. The third-order valence-corrected chi connectivity index (χ3v) is 2.70. The van der Waals surface area contributed by atoms with E-state index >= 15 is 0 Å². The van der Waals surface area contributed by atoms with E-state index < -0.39 is 0 Å². The van der Waals surface area contributed by atoms with E-state index in [-0.39, 0.29) is 12.6 Å². The van der Waals surface area contributed by atoms with E-state index in [9.17, 15) is 0 Å². The van der Waals surface area contributed by atoms with Gasteiger partial charge >= 0.3 is 0 Å². The SMILES string of the molecule is Cc1cccc(C(C)C)c1NCC(N)CO. The average Bonchev–Trinajstić information content (AvgIpc) is 2.26. The monoisotopic (exact) mass is 222 g/mol. The Morgan fingerprint density at radius 2 is 2.06 bits per heavy atom. The molecule has 0 aliphatic heterocycles. The normalized spacial score (nSPS) is 12.9. The number of nitrogens with two attached hydrogens (primary N) is 1. The molecule has 0 fully saturated rings. The zero-order chi connectivity index (χ0) is 12.1. The summed E-state index contributed by atoms with van der Waals surface area (Å²) in [5.41, 5.74) is 9.35. The van der Waals surface area contributed by atoms with Crippen molar-refractivity contribution >= 4 is 5.69 Å². The number of para-hydroxylation sites is 1. The van der Waals surface area contributed by atoms with Gasteiger partial charge in [0.25, 0.3) is 0 Å². The van der Waals surface area contributed by atoms with Gasteiger partial charge < -0.3 is 16.2 Å². The summed E-state index contributed by atoms with van der Waals surface area (Å²) in [6, 6.07) is 6.07. The van der Waals surface area contributed by atoms with Gasteiger partial charge in [-0.05, 0) is 24.0 Å². The first kappa shape index (κ1) is 13.0. The van der Waals surface area contributed by atoms with E-state index in [1.54, 1.807) is 0 Å². The Morgan fingerprint density at radius 3 is 2.62 bits per heavy atom. The zero-order valence-corrected chi connectivity index (χ0v) is 10.3.